The summed E-state index contributed by atoms with van der Waals surface area (Å²) in [6, 6.07) is 3.16. The van der Waals surface area contributed by atoms with E-state index in [-0.39, 0.29) is 12.5 Å². The fraction of sp³-hybridized carbons (Fsp3) is 0.615. The van der Waals surface area contributed by atoms with Crippen molar-refractivity contribution < 1.29 is 37.6 Å². The number of hydrogen-bond donors (Lipinski definition) is 2. The number of aliphatic hydroxyl groups is 2. The van der Waals surface area contributed by atoms with Crippen molar-refractivity contribution in [1.82, 2.24) is 4.98 Å². The third-order valence-electron chi connectivity index (χ3n) is 3.74. The number of fused-ring (bicyclic) bond motifs is 2. The maximum absolute atomic E-state index is 12.6. The lowest BCUT2D eigenvalue weighted by Gasteiger charge is -2.40. The lowest BCUT2D eigenvalue weighted by Crippen LogP contribution is -2.61. The van der Waals surface area contributed by atoms with Gasteiger partial charge < -0.3 is 24.4 Å². The average molecular weight is 321 g/mol. The third kappa shape index (κ3) is 2.54. The summed E-state index contributed by atoms with van der Waals surface area (Å²) in [4.78, 5) is 3.35. The Balaban J connectivity index is 1.81. The zero-order valence-electron chi connectivity index (χ0n) is 11.4. The minimum Gasteiger partial charge on any atom is -0.466 e. The van der Waals surface area contributed by atoms with E-state index in [9.17, 15) is 23.4 Å². The van der Waals surface area contributed by atoms with Crippen LogP contribution in [0.2, 0.25) is 0 Å². The smallest absolute Gasteiger partial charge is 0.433 e. The van der Waals surface area contributed by atoms with Crippen molar-refractivity contribution in [2.24, 2.45) is 0 Å². The molecule has 5 atom stereocenters. The Morgan fingerprint density at radius 1 is 1.36 bits per heavy atom. The van der Waals surface area contributed by atoms with Gasteiger partial charge in [0.05, 0.1) is 6.61 Å². The molecule has 1 aromatic heterocycles. The minimum absolute atomic E-state index is 0.0474. The molecule has 1 unspecified atom stereocenters. The van der Waals surface area contributed by atoms with Gasteiger partial charge in [-0.1, -0.05) is 6.07 Å². The van der Waals surface area contributed by atoms with E-state index in [0.29, 0.717) is 0 Å². The highest BCUT2D eigenvalue weighted by molar-refractivity contribution is 5.18. The summed E-state index contributed by atoms with van der Waals surface area (Å²) >= 11 is 0. The van der Waals surface area contributed by atoms with E-state index in [2.05, 4.69) is 4.98 Å². The first kappa shape index (κ1) is 15.5. The molecular weight excluding hydrogens is 307 g/mol. The zero-order chi connectivity index (χ0) is 16.1. The van der Waals surface area contributed by atoms with Gasteiger partial charge in [0.15, 0.2) is 12.4 Å². The Morgan fingerprint density at radius 3 is 2.77 bits per heavy atom. The van der Waals surface area contributed by atoms with E-state index in [1.165, 1.54) is 6.07 Å². The molecule has 2 bridgehead atoms. The molecule has 2 aliphatic rings. The Bertz CT molecular complexity index is 569. The first-order valence-corrected chi connectivity index (χ1v) is 6.57. The molecule has 3 rings (SSSR count). The normalized spacial score (nSPS) is 38.1. The molecule has 0 aliphatic carbocycles. The van der Waals surface area contributed by atoms with Crippen LogP contribution in [0.15, 0.2) is 18.2 Å². The fourth-order valence-electron chi connectivity index (χ4n) is 2.50. The molecule has 3 heterocycles. The standard InChI is InChI=1S/C13H14F3NO5/c1-12-5-20-11(22-12)9(8(18)10(12)19)21-7-4-2-3-6(17-7)13(14,15)16/h2-4,8-11,18-19H,5H2,1H3/t8-,9?,10-,11+,12+/m1/s1. The van der Waals surface area contributed by atoms with E-state index in [1.807, 2.05) is 0 Å². The number of aromatic nitrogens is 1. The molecule has 122 valence electrons. The van der Waals surface area contributed by atoms with E-state index in [1.54, 1.807) is 6.92 Å². The molecule has 0 amide bonds. The topological polar surface area (TPSA) is 81.0 Å². The van der Waals surface area contributed by atoms with Gasteiger partial charge in [0.25, 0.3) is 0 Å². The van der Waals surface area contributed by atoms with E-state index < -0.39 is 42.1 Å². The van der Waals surface area contributed by atoms with Gasteiger partial charge in [-0.25, -0.2) is 4.98 Å². The van der Waals surface area contributed by atoms with E-state index in [0.717, 1.165) is 12.1 Å². The molecule has 6 nitrogen and oxygen atoms in total. The third-order valence-corrected chi connectivity index (χ3v) is 3.74. The molecule has 0 radical (unpaired) electrons. The van der Waals surface area contributed by atoms with Crippen LogP contribution in [0.3, 0.4) is 0 Å². The molecule has 2 aliphatic heterocycles. The summed E-state index contributed by atoms with van der Waals surface area (Å²) in [6.07, 6.45) is -9.44. The van der Waals surface area contributed by atoms with E-state index >= 15 is 0 Å². The molecule has 0 aromatic carbocycles. The molecular formula is C13H14F3NO5. The highest BCUT2D eigenvalue weighted by atomic mass is 19.4. The van der Waals surface area contributed by atoms with Gasteiger partial charge in [-0.3, -0.25) is 0 Å². The molecule has 2 N–H and O–H groups in total. The summed E-state index contributed by atoms with van der Waals surface area (Å²) in [5.74, 6) is -0.339. The minimum atomic E-state index is -4.61. The molecule has 0 spiro atoms. The number of rotatable bonds is 2. The maximum Gasteiger partial charge on any atom is 0.433 e. The highest BCUT2D eigenvalue weighted by Gasteiger charge is 2.57. The largest absolute Gasteiger partial charge is 0.466 e. The van der Waals surface area contributed by atoms with Gasteiger partial charge in [0.1, 0.15) is 23.5 Å². The number of aliphatic hydroxyl groups excluding tert-OH is 2. The van der Waals surface area contributed by atoms with Crippen molar-refractivity contribution in [3.8, 4) is 5.88 Å². The van der Waals surface area contributed by atoms with Crippen LogP contribution in [0.25, 0.3) is 0 Å². The van der Waals surface area contributed by atoms with Crippen molar-refractivity contribution in [3.05, 3.63) is 23.9 Å². The molecule has 0 saturated carbocycles. The summed E-state index contributed by atoms with van der Waals surface area (Å²) in [6.45, 7) is 1.62. The quantitative estimate of drug-likeness (QED) is 0.835. The van der Waals surface area contributed by atoms with Crippen LogP contribution in [0.5, 0.6) is 5.88 Å². The van der Waals surface area contributed by atoms with Crippen molar-refractivity contribution >= 4 is 0 Å². The van der Waals surface area contributed by atoms with Crippen LogP contribution in [0, 0.1) is 0 Å². The van der Waals surface area contributed by atoms with Gasteiger partial charge in [-0.15, -0.1) is 0 Å². The summed E-state index contributed by atoms with van der Waals surface area (Å²) in [7, 11) is 0. The van der Waals surface area contributed by atoms with Gasteiger partial charge in [0, 0.05) is 6.07 Å². The van der Waals surface area contributed by atoms with Crippen LogP contribution < -0.4 is 4.74 Å². The molecule has 9 heteroatoms. The van der Waals surface area contributed by atoms with Crippen molar-refractivity contribution in [3.63, 3.8) is 0 Å². The zero-order valence-corrected chi connectivity index (χ0v) is 11.4. The SMILES string of the molecule is C[C@@]12CO[C@@H](O1)C(Oc1cccc(C(F)(F)F)n1)[C@@H](O)[C@H]2O. The number of ether oxygens (including phenoxy) is 3. The van der Waals surface area contributed by atoms with Gasteiger partial charge in [0.2, 0.25) is 5.88 Å². The number of pyridine rings is 1. The van der Waals surface area contributed by atoms with Crippen LogP contribution in [0.4, 0.5) is 13.2 Å². The van der Waals surface area contributed by atoms with Gasteiger partial charge in [-0.2, -0.15) is 13.2 Å². The highest BCUT2D eigenvalue weighted by Crippen LogP contribution is 2.38. The first-order valence-electron chi connectivity index (χ1n) is 6.57. The molecule has 22 heavy (non-hydrogen) atoms. The Hall–Kier alpha value is -1.42. The van der Waals surface area contributed by atoms with Crippen molar-refractivity contribution in [2.45, 2.75) is 43.3 Å². The maximum atomic E-state index is 12.6. The number of nitrogens with zero attached hydrogens (tertiary/aromatic N) is 1. The summed E-state index contributed by atoms with van der Waals surface area (Å²) < 4.78 is 53.9. The summed E-state index contributed by atoms with van der Waals surface area (Å²) in [5, 5.41) is 20.1. The van der Waals surface area contributed by atoms with Gasteiger partial charge >= 0.3 is 6.18 Å². The fourth-order valence-corrected chi connectivity index (χ4v) is 2.50. The van der Waals surface area contributed by atoms with Crippen LogP contribution in [-0.2, 0) is 15.7 Å². The predicted molar refractivity (Wildman–Crippen MR) is 64.9 cm³/mol. The Labute approximate surface area is 123 Å². The van der Waals surface area contributed by atoms with Crippen LogP contribution in [0.1, 0.15) is 12.6 Å². The second kappa shape index (κ2) is 5.05. The lowest BCUT2D eigenvalue weighted by atomic mass is 9.91. The van der Waals surface area contributed by atoms with E-state index in [4.69, 9.17) is 14.2 Å². The summed E-state index contributed by atoms with van der Waals surface area (Å²) in [5.41, 5.74) is -2.18. The van der Waals surface area contributed by atoms with Crippen LogP contribution in [-0.4, -0.2) is 52.0 Å². The second-order valence-electron chi connectivity index (χ2n) is 5.49. The molecule has 2 fully saturated rings. The van der Waals surface area contributed by atoms with Crippen molar-refractivity contribution in [2.75, 3.05) is 6.61 Å². The number of halogens is 3. The Kier molecular flexibility index (Phi) is 3.55. The predicted octanol–water partition coefficient (Wildman–Crippen LogP) is 0.715. The average Bonchev–Trinajstić information content (AvgIpc) is 2.82. The van der Waals surface area contributed by atoms with Crippen LogP contribution >= 0.6 is 0 Å². The second-order valence-corrected chi connectivity index (χ2v) is 5.49. The molecule has 2 saturated heterocycles. The monoisotopic (exact) mass is 321 g/mol. The van der Waals surface area contributed by atoms with Crippen molar-refractivity contribution in [1.29, 1.82) is 0 Å². The lowest BCUT2D eigenvalue weighted by molar-refractivity contribution is -0.248. The first-order chi connectivity index (χ1) is 10.2. The number of alkyl halides is 3. The Morgan fingerprint density at radius 2 is 2.09 bits per heavy atom. The number of hydrogen-bond acceptors (Lipinski definition) is 6. The molecule has 1 aromatic rings. The van der Waals surface area contributed by atoms with Gasteiger partial charge in [-0.05, 0) is 13.0 Å².